The molecule has 0 bridgehead atoms. The van der Waals surface area contributed by atoms with Crippen molar-refractivity contribution < 1.29 is 14.3 Å². The molecule has 4 rings (SSSR count). The Morgan fingerprint density at radius 2 is 1.81 bits per heavy atom. The summed E-state index contributed by atoms with van der Waals surface area (Å²) in [6.07, 6.45) is 5.97. The highest BCUT2D eigenvalue weighted by atomic mass is 16.5. The van der Waals surface area contributed by atoms with Gasteiger partial charge >= 0.3 is 6.03 Å². The van der Waals surface area contributed by atoms with Crippen LogP contribution in [0.3, 0.4) is 0 Å². The van der Waals surface area contributed by atoms with Gasteiger partial charge in [0.05, 0.1) is 18.8 Å². The van der Waals surface area contributed by atoms with Crippen molar-refractivity contribution >= 4 is 6.03 Å². The Hall–Kier alpha value is -2.69. The molecule has 2 aliphatic rings. The van der Waals surface area contributed by atoms with Gasteiger partial charge in [0, 0.05) is 18.5 Å². The number of nitrogens with one attached hydrogen (secondary N) is 2. The Labute approximate surface area is 160 Å². The van der Waals surface area contributed by atoms with Crippen LogP contribution in [0.25, 0.3) is 0 Å². The number of carbonyl (C=O) groups excluding carboxylic acids is 1. The molecule has 142 valence electrons. The minimum Gasteiger partial charge on any atom is -0.493 e. The van der Waals surface area contributed by atoms with E-state index in [0.717, 1.165) is 41.9 Å². The highest BCUT2D eigenvalue weighted by molar-refractivity contribution is 5.74. The summed E-state index contributed by atoms with van der Waals surface area (Å²) in [7, 11) is 0. The lowest BCUT2D eigenvalue weighted by Gasteiger charge is -2.26. The van der Waals surface area contributed by atoms with Crippen LogP contribution < -0.4 is 20.1 Å². The van der Waals surface area contributed by atoms with Crippen molar-refractivity contribution in [1.29, 1.82) is 0 Å². The maximum Gasteiger partial charge on any atom is 0.315 e. The molecule has 1 saturated carbocycles. The van der Waals surface area contributed by atoms with Gasteiger partial charge in [0.2, 0.25) is 0 Å². The van der Waals surface area contributed by atoms with Crippen molar-refractivity contribution in [2.75, 3.05) is 6.61 Å². The van der Waals surface area contributed by atoms with Crippen LogP contribution >= 0.6 is 0 Å². The molecule has 2 amide bonds. The van der Waals surface area contributed by atoms with Crippen LogP contribution in [-0.4, -0.2) is 18.7 Å². The highest BCUT2D eigenvalue weighted by Crippen LogP contribution is 2.31. The number of ether oxygens (including phenoxy) is 2. The average molecular weight is 366 g/mol. The zero-order valence-corrected chi connectivity index (χ0v) is 15.4. The Kier molecular flexibility index (Phi) is 5.47. The van der Waals surface area contributed by atoms with Crippen LogP contribution in [0.1, 0.15) is 49.3 Å². The lowest BCUT2D eigenvalue weighted by Crippen LogP contribution is -2.39. The molecule has 1 unspecified atom stereocenters. The van der Waals surface area contributed by atoms with Crippen LogP contribution in [0.15, 0.2) is 48.5 Å². The minimum absolute atomic E-state index is 0.0165. The van der Waals surface area contributed by atoms with Gasteiger partial charge in [-0.05, 0) is 49.4 Å². The lowest BCUT2D eigenvalue weighted by atomic mass is 10.0. The second-order valence-corrected chi connectivity index (χ2v) is 7.22. The van der Waals surface area contributed by atoms with Crippen LogP contribution in [0.2, 0.25) is 0 Å². The first kappa shape index (κ1) is 17.7. The van der Waals surface area contributed by atoms with Crippen molar-refractivity contribution in [1.82, 2.24) is 10.6 Å². The van der Waals surface area contributed by atoms with Gasteiger partial charge in [-0.1, -0.05) is 30.3 Å². The Morgan fingerprint density at radius 1 is 1.04 bits per heavy atom. The summed E-state index contributed by atoms with van der Waals surface area (Å²) in [5.41, 5.74) is 2.09. The third-order valence-corrected chi connectivity index (χ3v) is 5.25. The van der Waals surface area contributed by atoms with Crippen molar-refractivity contribution in [2.24, 2.45) is 0 Å². The van der Waals surface area contributed by atoms with E-state index >= 15 is 0 Å². The SMILES string of the molecule is O=C(NCc1ccc(OC2CCCC2)cc1)NC1CCOc2ccccc21. The first-order valence-electron chi connectivity index (χ1n) is 9.79. The van der Waals surface area contributed by atoms with Crippen LogP contribution in [0, 0.1) is 0 Å². The predicted octanol–water partition coefficient (Wildman–Crippen LogP) is 4.33. The summed E-state index contributed by atoms with van der Waals surface area (Å²) in [5.74, 6) is 1.76. The molecule has 1 heterocycles. The summed E-state index contributed by atoms with van der Waals surface area (Å²) in [6.45, 7) is 1.10. The van der Waals surface area contributed by atoms with E-state index in [2.05, 4.69) is 10.6 Å². The molecule has 0 radical (unpaired) electrons. The Morgan fingerprint density at radius 3 is 2.63 bits per heavy atom. The van der Waals surface area contributed by atoms with E-state index in [1.807, 2.05) is 48.5 Å². The quantitative estimate of drug-likeness (QED) is 0.828. The van der Waals surface area contributed by atoms with Gasteiger partial charge in [-0.3, -0.25) is 0 Å². The number of urea groups is 1. The van der Waals surface area contributed by atoms with E-state index in [1.54, 1.807) is 0 Å². The monoisotopic (exact) mass is 366 g/mol. The summed E-state index contributed by atoms with van der Waals surface area (Å²) in [6, 6.07) is 15.7. The van der Waals surface area contributed by atoms with Crippen LogP contribution in [-0.2, 0) is 6.54 Å². The van der Waals surface area contributed by atoms with Crippen molar-refractivity contribution in [3.8, 4) is 11.5 Å². The smallest absolute Gasteiger partial charge is 0.315 e. The number of para-hydroxylation sites is 1. The van der Waals surface area contributed by atoms with E-state index in [-0.39, 0.29) is 12.1 Å². The third-order valence-electron chi connectivity index (χ3n) is 5.25. The number of hydrogen-bond donors (Lipinski definition) is 2. The van der Waals surface area contributed by atoms with Gasteiger partial charge in [-0.2, -0.15) is 0 Å². The molecule has 1 aliphatic carbocycles. The topological polar surface area (TPSA) is 59.6 Å². The molecule has 0 saturated heterocycles. The fourth-order valence-corrected chi connectivity index (χ4v) is 3.77. The van der Waals surface area contributed by atoms with Gasteiger partial charge in [0.25, 0.3) is 0 Å². The molecule has 1 atom stereocenters. The van der Waals surface area contributed by atoms with Crippen LogP contribution in [0.4, 0.5) is 4.79 Å². The number of amides is 2. The number of fused-ring (bicyclic) bond motifs is 1. The minimum atomic E-state index is -0.164. The van der Waals surface area contributed by atoms with E-state index in [9.17, 15) is 4.79 Å². The third kappa shape index (κ3) is 4.54. The van der Waals surface area contributed by atoms with E-state index in [1.165, 1.54) is 12.8 Å². The molecule has 2 N–H and O–H groups in total. The normalized spacial score (nSPS) is 19.0. The fraction of sp³-hybridized carbons (Fsp3) is 0.409. The van der Waals surface area contributed by atoms with E-state index in [4.69, 9.17) is 9.47 Å². The summed E-state index contributed by atoms with van der Waals surface area (Å²) in [4.78, 5) is 12.3. The first-order valence-corrected chi connectivity index (χ1v) is 9.79. The van der Waals surface area contributed by atoms with Gasteiger partial charge in [0.15, 0.2) is 0 Å². The van der Waals surface area contributed by atoms with Gasteiger partial charge in [-0.15, -0.1) is 0 Å². The second-order valence-electron chi connectivity index (χ2n) is 7.22. The number of hydrogen-bond acceptors (Lipinski definition) is 3. The average Bonchev–Trinajstić information content (AvgIpc) is 3.21. The molecule has 27 heavy (non-hydrogen) atoms. The molecule has 1 aliphatic heterocycles. The number of carbonyl (C=O) groups is 1. The summed E-state index contributed by atoms with van der Waals surface area (Å²) < 4.78 is 11.6. The summed E-state index contributed by atoms with van der Waals surface area (Å²) in [5, 5.41) is 5.99. The molecule has 0 spiro atoms. The van der Waals surface area contributed by atoms with E-state index in [0.29, 0.717) is 19.3 Å². The molecular weight excluding hydrogens is 340 g/mol. The highest BCUT2D eigenvalue weighted by Gasteiger charge is 2.22. The fourth-order valence-electron chi connectivity index (χ4n) is 3.77. The van der Waals surface area contributed by atoms with Gasteiger partial charge in [-0.25, -0.2) is 4.79 Å². The summed E-state index contributed by atoms with van der Waals surface area (Å²) >= 11 is 0. The zero-order valence-electron chi connectivity index (χ0n) is 15.4. The molecule has 2 aromatic carbocycles. The molecule has 2 aromatic rings. The molecule has 1 fully saturated rings. The maximum absolute atomic E-state index is 12.3. The first-order chi connectivity index (χ1) is 13.3. The Bertz CT molecular complexity index is 769. The molecule has 5 heteroatoms. The standard InChI is InChI=1S/C22H26N2O3/c25-22(24-20-13-14-26-21-8-4-3-7-19(20)21)23-15-16-9-11-18(12-10-16)27-17-5-1-2-6-17/h3-4,7-12,17,20H,1-2,5-6,13-15H2,(H2,23,24,25). The van der Waals surface area contributed by atoms with Crippen molar-refractivity contribution in [2.45, 2.75) is 50.8 Å². The van der Waals surface area contributed by atoms with Crippen molar-refractivity contribution in [3.05, 3.63) is 59.7 Å². The van der Waals surface area contributed by atoms with Crippen molar-refractivity contribution in [3.63, 3.8) is 0 Å². The van der Waals surface area contributed by atoms with Gasteiger partial charge < -0.3 is 20.1 Å². The van der Waals surface area contributed by atoms with E-state index < -0.39 is 0 Å². The molecule has 0 aromatic heterocycles. The largest absolute Gasteiger partial charge is 0.493 e. The predicted molar refractivity (Wildman–Crippen MR) is 104 cm³/mol. The lowest BCUT2D eigenvalue weighted by molar-refractivity contribution is 0.210. The second kappa shape index (κ2) is 8.33. The molecular formula is C22H26N2O3. The number of benzene rings is 2. The number of rotatable bonds is 5. The Balaban J connectivity index is 1.27. The van der Waals surface area contributed by atoms with Crippen LogP contribution in [0.5, 0.6) is 11.5 Å². The zero-order chi connectivity index (χ0) is 18.5. The van der Waals surface area contributed by atoms with Gasteiger partial charge in [0.1, 0.15) is 11.5 Å². The molecule has 5 nitrogen and oxygen atoms in total. The maximum atomic E-state index is 12.3.